The number of thiocarbonyl (C=S) groups is 1. The van der Waals surface area contributed by atoms with Gasteiger partial charge < -0.3 is 20.4 Å². The fourth-order valence-electron chi connectivity index (χ4n) is 1.80. The van der Waals surface area contributed by atoms with E-state index in [0.717, 1.165) is 0 Å². The van der Waals surface area contributed by atoms with Crippen LogP contribution in [0.3, 0.4) is 0 Å². The van der Waals surface area contributed by atoms with Crippen molar-refractivity contribution in [3.8, 4) is 0 Å². The number of benzene rings is 1. The quantitative estimate of drug-likeness (QED) is 0.733. The Bertz CT molecular complexity index is 698. The Morgan fingerprint density at radius 1 is 1.22 bits per heavy atom. The SMILES string of the molecule is CCC(=O)NC(=S)Nc1cccc(C(=O)NCc2ccco2)c1. The summed E-state index contributed by atoms with van der Waals surface area (Å²) in [6.45, 7) is 2.05. The van der Waals surface area contributed by atoms with E-state index in [4.69, 9.17) is 16.6 Å². The van der Waals surface area contributed by atoms with Crippen LogP contribution >= 0.6 is 12.2 Å². The van der Waals surface area contributed by atoms with Crippen molar-refractivity contribution in [2.24, 2.45) is 0 Å². The van der Waals surface area contributed by atoms with Crippen LogP contribution < -0.4 is 16.0 Å². The fraction of sp³-hybridized carbons (Fsp3) is 0.188. The third-order valence-corrected chi connectivity index (χ3v) is 3.16. The van der Waals surface area contributed by atoms with E-state index in [0.29, 0.717) is 30.0 Å². The molecule has 1 heterocycles. The summed E-state index contributed by atoms with van der Waals surface area (Å²) >= 11 is 5.04. The van der Waals surface area contributed by atoms with Gasteiger partial charge >= 0.3 is 0 Å². The average Bonchev–Trinajstić information content (AvgIpc) is 3.06. The van der Waals surface area contributed by atoms with E-state index in [1.165, 1.54) is 0 Å². The van der Waals surface area contributed by atoms with Gasteiger partial charge in [0.25, 0.3) is 5.91 Å². The monoisotopic (exact) mass is 331 g/mol. The minimum Gasteiger partial charge on any atom is -0.467 e. The van der Waals surface area contributed by atoms with Crippen LogP contribution in [0.25, 0.3) is 0 Å². The first-order chi connectivity index (χ1) is 11.1. The number of nitrogens with one attached hydrogen (secondary N) is 3. The minimum absolute atomic E-state index is 0.171. The molecule has 1 aromatic carbocycles. The van der Waals surface area contributed by atoms with Crippen molar-refractivity contribution in [1.82, 2.24) is 10.6 Å². The van der Waals surface area contributed by atoms with E-state index in [1.807, 2.05) is 0 Å². The van der Waals surface area contributed by atoms with Gasteiger partial charge in [-0.25, -0.2) is 0 Å². The van der Waals surface area contributed by atoms with Gasteiger partial charge in [0.2, 0.25) is 5.91 Å². The van der Waals surface area contributed by atoms with Crippen molar-refractivity contribution in [2.45, 2.75) is 19.9 Å². The maximum absolute atomic E-state index is 12.1. The van der Waals surface area contributed by atoms with Crippen LogP contribution in [-0.4, -0.2) is 16.9 Å². The third-order valence-electron chi connectivity index (χ3n) is 2.96. The molecule has 7 heteroatoms. The number of rotatable bonds is 5. The maximum atomic E-state index is 12.1. The predicted octanol–water partition coefficient (Wildman–Crippen LogP) is 2.43. The highest BCUT2D eigenvalue weighted by Gasteiger charge is 2.08. The van der Waals surface area contributed by atoms with Gasteiger partial charge in [0.05, 0.1) is 12.8 Å². The van der Waals surface area contributed by atoms with Gasteiger partial charge in [0.15, 0.2) is 5.11 Å². The largest absolute Gasteiger partial charge is 0.467 e. The summed E-state index contributed by atoms with van der Waals surface area (Å²) in [4.78, 5) is 23.4. The van der Waals surface area contributed by atoms with E-state index < -0.39 is 0 Å². The number of hydrogen-bond donors (Lipinski definition) is 3. The third kappa shape index (κ3) is 5.23. The van der Waals surface area contributed by atoms with Gasteiger partial charge in [-0.15, -0.1) is 0 Å². The molecule has 23 heavy (non-hydrogen) atoms. The number of amides is 2. The van der Waals surface area contributed by atoms with Crippen molar-refractivity contribution in [3.63, 3.8) is 0 Å². The minimum atomic E-state index is -0.228. The van der Waals surface area contributed by atoms with Crippen LogP contribution in [0, 0.1) is 0 Å². The van der Waals surface area contributed by atoms with E-state index >= 15 is 0 Å². The Kier molecular flexibility index (Phi) is 5.87. The molecular formula is C16H17N3O3S. The smallest absolute Gasteiger partial charge is 0.251 e. The van der Waals surface area contributed by atoms with E-state index in [2.05, 4.69) is 16.0 Å². The van der Waals surface area contributed by atoms with Gasteiger partial charge in [-0.1, -0.05) is 13.0 Å². The summed E-state index contributed by atoms with van der Waals surface area (Å²) < 4.78 is 5.16. The second-order valence-corrected chi connectivity index (χ2v) is 5.11. The lowest BCUT2D eigenvalue weighted by Crippen LogP contribution is -2.33. The van der Waals surface area contributed by atoms with Crippen molar-refractivity contribution < 1.29 is 14.0 Å². The molecule has 0 aliphatic heterocycles. The number of furan rings is 1. The number of anilines is 1. The Morgan fingerprint density at radius 3 is 2.74 bits per heavy atom. The molecule has 1 aromatic heterocycles. The normalized spacial score (nSPS) is 9.96. The molecule has 0 spiro atoms. The second-order valence-electron chi connectivity index (χ2n) is 4.70. The zero-order valence-electron chi connectivity index (χ0n) is 12.6. The number of carbonyl (C=O) groups excluding carboxylic acids is 2. The highest BCUT2D eigenvalue weighted by Crippen LogP contribution is 2.11. The first-order valence-electron chi connectivity index (χ1n) is 7.10. The summed E-state index contributed by atoms with van der Waals surface area (Å²) in [7, 11) is 0. The first-order valence-corrected chi connectivity index (χ1v) is 7.50. The van der Waals surface area contributed by atoms with Crippen LogP contribution in [0.1, 0.15) is 29.5 Å². The summed E-state index contributed by atoms with van der Waals surface area (Å²) in [6.07, 6.45) is 1.90. The molecule has 0 fully saturated rings. The van der Waals surface area contributed by atoms with Crippen LogP contribution in [0.4, 0.5) is 5.69 Å². The van der Waals surface area contributed by atoms with E-state index in [1.54, 1.807) is 49.6 Å². The van der Waals surface area contributed by atoms with Crippen molar-refractivity contribution in [3.05, 3.63) is 54.0 Å². The molecule has 0 saturated carbocycles. The van der Waals surface area contributed by atoms with Crippen LogP contribution in [0.15, 0.2) is 47.1 Å². The summed E-state index contributed by atoms with van der Waals surface area (Å²) in [5, 5.41) is 8.37. The standard InChI is InChI=1S/C16H17N3O3S/c1-2-14(20)19-16(23)18-12-6-3-5-11(9-12)15(21)17-10-13-7-4-8-22-13/h3-9H,2,10H2,1H3,(H,17,21)(H2,18,19,20,23). The van der Waals surface area contributed by atoms with Crippen molar-refractivity contribution in [2.75, 3.05) is 5.32 Å². The Balaban J connectivity index is 1.94. The molecule has 120 valence electrons. The summed E-state index contributed by atoms with van der Waals surface area (Å²) in [5.41, 5.74) is 1.10. The Hall–Kier alpha value is -2.67. The van der Waals surface area contributed by atoms with Crippen molar-refractivity contribution >= 4 is 34.8 Å². The summed E-state index contributed by atoms with van der Waals surface area (Å²) in [5.74, 6) is 0.277. The van der Waals surface area contributed by atoms with Gasteiger partial charge in [-0.05, 0) is 42.5 Å². The maximum Gasteiger partial charge on any atom is 0.251 e. The Morgan fingerprint density at radius 2 is 2.04 bits per heavy atom. The lowest BCUT2D eigenvalue weighted by molar-refractivity contribution is -0.119. The molecule has 2 amide bonds. The van der Waals surface area contributed by atoms with E-state index in [-0.39, 0.29) is 16.9 Å². The van der Waals surface area contributed by atoms with Crippen LogP contribution in [0.2, 0.25) is 0 Å². The van der Waals surface area contributed by atoms with Gasteiger partial charge in [0, 0.05) is 17.7 Å². The molecule has 0 radical (unpaired) electrons. The van der Waals surface area contributed by atoms with Gasteiger partial charge in [0.1, 0.15) is 5.76 Å². The lowest BCUT2D eigenvalue weighted by Gasteiger charge is -2.10. The molecule has 6 nitrogen and oxygen atoms in total. The molecule has 2 rings (SSSR count). The molecule has 0 unspecified atom stereocenters. The summed E-state index contributed by atoms with van der Waals surface area (Å²) in [6, 6.07) is 10.4. The molecule has 2 aromatic rings. The number of hydrogen-bond acceptors (Lipinski definition) is 4. The molecule has 0 saturated heterocycles. The highest BCUT2D eigenvalue weighted by atomic mass is 32.1. The molecule has 0 aliphatic rings. The van der Waals surface area contributed by atoms with Gasteiger partial charge in [-0.3, -0.25) is 9.59 Å². The predicted molar refractivity (Wildman–Crippen MR) is 91.0 cm³/mol. The molecule has 0 bridgehead atoms. The second kappa shape index (κ2) is 8.09. The topological polar surface area (TPSA) is 83.4 Å². The zero-order chi connectivity index (χ0) is 16.7. The Labute approximate surface area is 139 Å². The molecule has 3 N–H and O–H groups in total. The zero-order valence-corrected chi connectivity index (χ0v) is 13.4. The van der Waals surface area contributed by atoms with E-state index in [9.17, 15) is 9.59 Å². The van der Waals surface area contributed by atoms with Gasteiger partial charge in [-0.2, -0.15) is 0 Å². The molecule has 0 aliphatic carbocycles. The number of carbonyl (C=O) groups is 2. The highest BCUT2D eigenvalue weighted by molar-refractivity contribution is 7.80. The van der Waals surface area contributed by atoms with Crippen molar-refractivity contribution in [1.29, 1.82) is 0 Å². The molecular weight excluding hydrogens is 314 g/mol. The molecule has 0 atom stereocenters. The fourth-order valence-corrected chi connectivity index (χ4v) is 2.03. The average molecular weight is 331 g/mol. The first kappa shape index (κ1) is 16.7. The van der Waals surface area contributed by atoms with Crippen LogP contribution in [0.5, 0.6) is 0 Å². The lowest BCUT2D eigenvalue weighted by atomic mass is 10.2. The van der Waals surface area contributed by atoms with Crippen LogP contribution in [-0.2, 0) is 11.3 Å².